The maximum absolute atomic E-state index is 12.8. The molecular formula is C9H8F4N2O3. The predicted octanol–water partition coefficient (Wildman–Crippen LogP) is 2.07. The number of nitro benzene ring substituents is 1. The lowest BCUT2D eigenvalue weighted by Crippen LogP contribution is -2.35. The monoisotopic (exact) mass is 268 g/mol. The van der Waals surface area contributed by atoms with Crippen molar-refractivity contribution in [1.29, 1.82) is 0 Å². The van der Waals surface area contributed by atoms with Gasteiger partial charge in [0.2, 0.25) is 0 Å². The molecule has 9 heteroatoms. The number of aliphatic hydroxyl groups is 1. The number of aliphatic hydroxyl groups excluding tert-OH is 1. The smallest absolute Gasteiger partial charge is 0.382 e. The molecule has 0 radical (unpaired) electrons. The number of alkyl halides is 3. The molecule has 0 saturated carbocycles. The van der Waals surface area contributed by atoms with Crippen LogP contribution in [0.3, 0.4) is 0 Å². The third-order valence-electron chi connectivity index (χ3n) is 2.02. The molecule has 1 aromatic carbocycles. The van der Waals surface area contributed by atoms with Gasteiger partial charge in [-0.05, 0) is 6.07 Å². The second kappa shape index (κ2) is 5.17. The lowest BCUT2D eigenvalue weighted by atomic mass is 10.2. The van der Waals surface area contributed by atoms with Gasteiger partial charge in [-0.2, -0.15) is 13.2 Å². The molecule has 0 aliphatic carbocycles. The molecule has 0 aliphatic rings. The fourth-order valence-corrected chi connectivity index (χ4v) is 1.13. The van der Waals surface area contributed by atoms with E-state index >= 15 is 0 Å². The molecule has 1 atom stereocenters. The SMILES string of the molecule is O=[N+]([O-])c1ccc(F)cc1NCC(O)C(F)(F)F. The topological polar surface area (TPSA) is 75.4 Å². The van der Waals surface area contributed by atoms with Crippen LogP contribution in [0.15, 0.2) is 18.2 Å². The van der Waals surface area contributed by atoms with E-state index in [1.165, 1.54) is 0 Å². The first-order valence-corrected chi connectivity index (χ1v) is 4.64. The summed E-state index contributed by atoms with van der Waals surface area (Å²) >= 11 is 0. The number of halogens is 4. The van der Waals surface area contributed by atoms with Crippen LogP contribution in [0.25, 0.3) is 0 Å². The van der Waals surface area contributed by atoms with Crippen LogP contribution in [-0.2, 0) is 0 Å². The van der Waals surface area contributed by atoms with Gasteiger partial charge in [-0.25, -0.2) is 4.39 Å². The number of hydrogen-bond donors (Lipinski definition) is 2. The molecule has 0 saturated heterocycles. The summed E-state index contributed by atoms with van der Waals surface area (Å²) in [6.45, 7) is -1.01. The molecule has 0 bridgehead atoms. The Labute approximate surface area is 98.2 Å². The van der Waals surface area contributed by atoms with Crippen LogP contribution in [0.2, 0.25) is 0 Å². The van der Waals surface area contributed by atoms with Crippen molar-refractivity contribution in [3.05, 3.63) is 34.1 Å². The van der Waals surface area contributed by atoms with Gasteiger partial charge in [0.25, 0.3) is 5.69 Å². The van der Waals surface area contributed by atoms with E-state index in [2.05, 4.69) is 0 Å². The standard InChI is InChI=1S/C9H8F4N2O3/c10-5-1-2-7(15(17)18)6(3-5)14-4-8(16)9(11,12)13/h1-3,8,14,16H,4H2. The summed E-state index contributed by atoms with van der Waals surface area (Å²) < 4.78 is 48.8. The number of rotatable bonds is 4. The zero-order valence-electron chi connectivity index (χ0n) is 8.74. The zero-order chi connectivity index (χ0) is 13.9. The molecule has 2 N–H and O–H groups in total. The van der Waals surface area contributed by atoms with Gasteiger partial charge in [-0.1, -0.05) is 0 Å². The fourth-order valence-electron chi connectivity index (χ4n) is 1.13. The van der Waals surface area contributed by atoms with E-state index in [-0.39, 0.29) is 0 Å². The average molecular weight is 268 g/mol. The highest BCUT2D eigenvalue weighted by Crippen LogP contribution is 2.26. The van der Waals surface area contributed by atoms with E-state index in [4.69, 9.17) is 5.11 Å². The first kappa shape index (κ1) is 14.2. The van der Waals surface area contributed by atoms with Crippen LogP contribution < -0.4 is 5.32 Å². The van der Waals surface area contributed by atoms with E-state index in [0.29, 0.717) is 6.07 Å². The summed E-state index contributed by atoms with van der Waals surface area (Å²) in [5, 5.41) is 21.2. The van der Waals surface area contributed by atoms with Crippen molar-refractivity contribution in [3.63, 3.8) is 0 Å². The van der Waals surface area contributed by atoms with Gasteiger partial charge in [0.15, 0.2) is 6.10 Å². The maximum Gasteiger partial charge on any atom is 0.416 e. The van der Waals surface area contributed by atoms with E-state index in [1.807, 2.05) is 5.32 Å². The second-order valence-corrected chi connectivity index (χ2v) is 3.36. The Kier molecular flexibility index (Phi) is 4.07. The minimum absolute atomic E-state index is 0.428. The quantitative estimate of drug-likeness (QED) is 0.498. The molecular weight excluding hydrogens is 260 g/mol. The van der Waals surface area contributed by atoms with Crippen molar-refractivity contribution in [2.24, 2.45) is 0 Å². The minimum atomic E-state index is -4.85. The van der Waals surface area contributed by atoms with Gasteiger partial charge >= 0.3 is 6.18 Å². The highest BCUT2D eigenvalue weighted by molar-refractivity contribution is 5.61. The normalized spacial score (nSPS) is 13.2. The van der Waals surface area contributed by atoms with Gasteiger partial charge in [0.05, 0.1) is 4.92 Å². The molecule has 0 aliphatic heterocycles. The van der Waals surface area contributed by atoms with Gasteiger partial charge in [-0.15, -0.1) is 0 Å². The summed E-state index contributed by atoms with van der Waals surface area (Å²) in [6.07, 6.45) is -7.55. The first-order valence-electron chi connectivity index (χ1n) is 4.64. The van der Waals surface area contributed by atoms with E-state index in [0.717, 1.165) is 12.1 Å². The molecule has 0 heterocycles. The van der Waals surface area contributed by atoms with Crippen LogP contribution in [0.1, 0.15) is 0 Å². The Hall–Kier alpha value is -1.90. The summed E-state index contributed by atoms with van der Waals surface area (Å²) in [5.74, 6) is -0.843. The number of benzene rings is 1. The van der Waals surface area contributed by atoms with Gasteiger partial charge < -0.3 is 10.4 Å². The molecule has 1 aromatic rings. The van der Waals surface area contributed by atoms with Gasteiger partial charge in [-0.3, -0.25) is 10.1 Å². The Morgan fingerprint density at radius 2 is 2.06 bits per heavy atom. The summed E-state index contributed by atoms with van der Waals surface area (Å²) in [7, 11) is 0. The van der Waals surface area contributed by atoms with E-state index in [1.54, 1.807) is 0 Å². The van der Waals surface area contributed by atoms with Crippen molar-refractivity contribution < 1.29 is 27.6 Å². The van der Waals surface area contributed by atoms with Crippen molar-refractivity contribution >= 4 is 11.4 Å². The number of nitrogens with one attached hydrogen (secondary N) is 1. The molecule has 1 rings (SSSR count). The first-order chi connectivity index (χ1) is 8.21. The Morgan fingerprint density at radius 1 is 1.44 bits per heavy atom. The third kappa shape index (κ3) is 3.55. The molecule has 1 unspecified atom stereocenters. The second-order valence-electron chi connectivity index (χ2n) is 3.36. The van der Waals surface area contributed by atoms with E-state index in [9.17, 15) is 27.7 Å². The largest absolute Gasteiger partial charge is 0.416 e. The van der Waals surface area contributed by atoms with E-state index < -0.39 is 40.9 Å². The van der Waals surface area contributed by atoms with Crippen LogP contribution in [0.5, 0.6) is 0 Å². The molecule has 100 valence electrons. The summed E-state index contributed by atoms with van der Waals surface area (Å²) in [4.78, 5) is 9.66. The van der Waals surface area contributed by atoms with Gasteiger partial charge in [0.1, 0.15) is 11.5 Å². The predicted molar refractivity (Wildman–Crippen MR) is 53.6 cm³/mol. The number of nitrogens with zero attached hydrogens (tertiary/aromatic N) is 1. The highest BCUT2D eigenvalue weighted by atomic mass is 19.4. The minimum Gasteiger partial charge on any atom is -0.382 e. The number of nitro groups is 1. The number of hydrogen-bond acceptors (Lipinski definition) is 4. The third-order valence-corrected chi connectivity index (χ3v) is 2.02. The van der Waals surface area contributed by atoms with Crippen molar-refractivity contribution in [2.45, 2.75) is 12.3 Å². The highest BCUT2D eigenvalue weighted by Gasteiger charge is 2.38. The molecule has 5 nitrogen and oxygen atoms in total. The van der Waals surface area contributed by atoms with Crippen LogP contribution >= 0.6 is 0 Å². The Bertz CT molecular complexity index is 450. The molecule has 0 spiro atoms. The zero-order valence-corrected chi connectivity index (χ0v) is 8.74. The maximum atomic E-state index is 12.8. The molecule has 0 amide bonds. The lowest BCUT2D eigenvalue weighted by molar-refractivity contribution is -0.384. The van der Waals surface area contributed by atoms with Gasteiger partial charge in [0, 0.05) is 18.7 Å². The Morgan fingerprint density at radius 3 is 2.56 bits per heavy atom. The molecule has 18 heavy (non-hydrogen) atoms. The van der Waals surface area contributed by atoms with Crippen molar-refractivity contribution in [3.8, 4) is 0 Å². The fraction of sp³-hybridized carbons (Fsp3) is 0.333. The summed E-state index contributed by atoms with van der Waals surface area (Å²) in [5.41, 5.74) is -1.01. The van der Waals surface area contributed by atoms with Crippen LogP contribution in [0, 0.1) is 15.9 Å². The van der Waals surface area contributed by atoms with Crippen molar-refractivity contribution in [2.75, 3.05) is 11.9 Å². The lowest BCUT2D eigenvalue weighted by Gasteiger charge is -2.15. The molecule has 0 aromatic heterocycles. The summed E-state index contributed by atoms with van der Waals surface area (Å²) in [6, 6.07) is 2.31. The van der Waals surface area contributed by atoms with Crippen LogP contribution in [-0.4, -0.2) is 28.9 Å². The number of anilines is 1. The Balaban J connectivity index is 2.84. The van der Waals surface area contributed by atoms with Crippen molar-refractivity contribution in [1.82, 2.24) is 0 Å². The van der Waals surface area contributed by atoms with Crippen LogP contribution in [0.4, 0.5) is 28.9 Å². The molecule has 0 fully saturated rings. The average Bonchev–Trinajstić information content (AvgIpc) is 2.24.